The van der Waals surface area contributed by atoms with Crippen LogP contribution in [0.1, 0.15) is 30.2 Å². The number of carbonyl (C=O) groups excluding carboxylic acids is 2. The van der Waals surface area contributed by atoms with E-state index in [0.717, 1.165) is 54.4 Å². The monoisotopic (exact) mass is 518 g/mol. The molecule has 202 valence electrons. The Bertz CT molecular complexity index is 1260. The van der Waals surface area contributed by atoms with Gasteiger partial charge in [-0.15, -0.1) is 0 Å². The lowest BCUT2D eigenvalue weighted by Crippen LogP contribution is -2.39. The van der Waals surface area contributed by atoms with Crippen molar-refractivity contribution in [3.05, 3.63) is 71.5 Å². The maximum atomic E-state index is 13.1. The number of rotatable bonds is 6. The Morgan fingerprint density at radius 3 is 2.55 bits per heavy atom. The van der Waals surface area contributed by atoms with Crippen molar-refractivity contribution in [3.63, 3.8) is 0 Å². The van der Waals surface area contributed by atoms with E-state index in [9.17, 15) is 9.59 Å². The Hall–Kier alpha value is -3.69. The van der Waals surface area contributed by atoms with Crippen LogP contribution in [0.2, 0.25) is 0 Å². The van der Waals surface area contributed by atoms with Crippen LogP contribution in [0.25, 0.3) is 0 Å². The zero-order valence-corrected chi connectivity index (χ0v) is 22.8. The number of hydrogen-bond donors (Lipinski definition) is 1. The van der Waals surface area contributed by atoms with Gasteiger partial charge in [-0.05, 0) is 42.7 Å². The number of hydrogen-bond acceptors (Lipinski definition) is 6. The molecule has 0 unspecified atom stereocenters. The topological polar surface area (TPSA) is 82.9 Å². The highest BCUT2D eigenvalue weighted by Gasteiger charge is 2.21. The first kappa shape index (κ1) is 27.3. The van der Waals surface area contributed by atoms with E-state index >= 15 is 0 Å². The molecular formula is C29H38N6O3. The van der Waals surface area contributed by atoms with E-state index in [1.54, 1.807) is 18.7 Å². The van der Waals surface area contributed by atoms with Crippen molar-refractivity contribution in [2.24, 2.45) is 7.05 Å². The van der Waals surface area contributed by atoms with Gasteiger partial charge in [0.1, 0.15) is 5.75 Å². The summed E-state index contributed by atoms with van der Waals surface area (Å²) in [7, 11) is 3.52. The largest absolute Gasteiger partial charge is 0.497 e. The number of nitrogens with one attached hydrogen (secondary N) is 1. The number of anilines is 2. The summed E-state index contributed by atoms with van der Waals surface area (Å²) in [4.78, 5) is 32.2. The fourth-order valence-electron chi connectivity index (χ4n) is 4.96. The van der Waals surface area contributed by atoms with Crippen molar-refractivity contribution in [3.8, 4) is 5.75 Å². The summed E-state index contributed by atoms with van der Waals surface area (Å²) < 4.78 is 7.11. The van der Waals surface area contributed by atoms with Gasteiger partial charge in [-0.1, -0.05) is 30.3 Å². The molecule has 0 spiro atoms. The van der Waals surface area contributed by atoms with Crippen LogP contribution in [0.3, 0.4) is 0 Å². The molecule has 0 aliphatic carbocycles. The molecule has 2 heterocycles. The number of carbonyl (C=O) groups is 2. The second-order valence-corrected chi connectivity index (χ2v) is 9.84. The molecule has 9 nitrogen and oxygen atoms in total. The summed E-state index contributed by atoms with van der Waals surface area (Å²) in [5.74, 6) is 0.770. The second kappa shape index (κ2) is 12.7. The van der Waals surface area contributed by atoms with Crippen LogP contribution in [-0.4, -0.2) is 71.2 Å². The number of ether oxygens (including phenoxy) is 1. The molecule has 0 saturated heterocycles. The van der Waals surface area contributed by atoms with E-state index in [-0.39, 0.29) is 18.4 Å². The van der Waals surface area contributed by atoms with Crippen LogP contribution in [-0.2, 0) is 29.7 Å². The van der Waals surface area contributed by atoms with Gasteiger partial charge in [0.15, 0.2) is 0 Å². The summed E-state index contributed by atoms with van der Waals surface area (Å²) >= 11 is 0. The molecule has 2 amide bonds. The molecular weight excluding hydrogens is 480 g/mol. The van der Waals surface area contributed by atoms with Crippen molar-refractivity contribution in [1.29, 1.82) is 0 Å². The van der Waals surface area contributed by atoms with Gasteiger partial charge >= 0.3 is 0 Å². The van der Waals surface area contributed by atoms with Crippen molar-refractivity contribution in [1.82, 2.24) is 19.6 Å². The van der Waals surface area contributed by atoms with Crippen molar-refractivity contribution >= 4 is 23.2 Å². The van der Waals surface area contributed by atoms with Gasteiger partial charge in [0.25, 0.3) is 0 Å². The van der Waals surface area contributed by atoms with Gasteiger partial charge in [-0.25, -0.2) is 0 Å². The molecule has 0 atom stereocenters. The molecule has 9 heteroatoms. The normalized spacial score (nSPS) is 15.4. The smallest absolute Gasteiger partial charge is 0.238 e. The highest BCUT2D eigenvalue weighted by molar-refractivity contribution is 5.93. The summed E-state index contributed by atoms with van der Waals surface area (Å²) in [6, 6.07) is 16.1. The highest BCUT2D eigenvalue weighted by atomic mass is 16.5. The lowest BCUT2D eigenvalue weighted by Gasteiger charge is -2.27. The molecule has 2 aromatic carbocycles. The lowest BCUT2D eigenvalue weighted by molar-refractivity contribution is -0.118. The average molecular weight is 519 g/mol. The van der Waals surface area contributed by atoms with E-state index < -0.39 is 0 Å². The Kier molecular flexibility index (Phi) is 9.15. The number of methoxy groups -OCH3 is 1. The molecule has 38 heavy (non-hydrogen) atoms. The highest BCUT2D eigenvalue weighted by Crippen LogP contribution is 2.24. The maximum absolute atomic E-state index is 13.1. The maximum Gasteiger partial charge on any atom is 0.238 e. The fraction of sp³-hybridized carbons (Fsp3) is 0.414. The minimum Gasteiger partial charge on any atom is -0.497 e. The molecule has 1 aromatic heterocycles. The Labute approximate surface area is 225 Å². The zero-order chi connectivity index (χ0) is 27.1. The molecule has 1 aliphatic rings. The third-order valence-corrected chi connectivity index (χ3v) is 6.84. The number of para-hydroxylation sites is 1. The van der Waals surface area contributed by atoms with Crippen LogP contribution in [0.4, 0.5) is 11.4 Å². The molecule has 3 aromatic rings. The summed E-state index contributed by atoms with van der Waals surface area (Å²) in [5.41, 5.74) is 4.62. The fourth-order valence-corrected chi connectivity index (χ4v) is 4.96. The van der Waals surface area contributed by atoms with Gasteiger partial charge in [0.05, 0.1) is 25.0 Å². The number of amides is 2. The van der Waals surface area contributed by atoms with Gasteiger partial charge in [-0.3, -0.25) is 24.1 Å². The van der Waals surface area contributed by atoms with Gasteiger partial charge in [0, 0.05) is 65.1 Å². The summed E-state index contributed by atoms with van der Waals surface area (Å²) in [5, 5.41) is 7.34. The van der Waals surface area contributed by atoms with Crippen LogP contribution in [0, 0.1) is 6.92 Å². The van der Waals surface area contributed by atoms with Crippen molar-refractivity contribution in [2.75, 3.05) is 50.1 Å². The molecule has 0 radical (unpaired) electrons. The number of aromatic nitrogens is 2. The predicted molar refractivity (Wildman–Crippen MR) is 149 cm³/mol. The van der Waals surface area contributed by atoms with Crippen molar-refractivity contribution < 1.29 is 14.3 Å². The number of fused-ring (bicyclic) bond motifs is 1. The van der Waals surface area contributed by atoms with E-state index in [2.05, 4.69) is 32.3 Å². The van der Waals surface area contributed by atoms with Gasteiger partial charge in [0.2, 0.25) is 11.8 Å². The number of aryl methyl sites for hydroxylation is 2. The Balaban J connectivity index is 1.57. The van der Waals surface area contributed by atoms with Crippen LogP contribution >= 0.6 is 0 Å². The first-order valence-electron chi connectivity index (χ1n) is 13.1. The predicted octanol–water partition coefficient (Wildman–Crippen LogP) is 3.44. The average Bonchev–Trinajstić information content (AvgIpc) is 3.19. The third-order valence-electron chi connectivity index (χ3n) is 6.84. The molecule has 0 bridgehead atoms. The number of nitrogens with zero attached hydrogens (tertiary/aromatic N) is 5. The third kappa shape index (κ3) is 7.20. The SMILES string of the molecule is COc1cccc(CN2CCCN(C(C)=O)c3ccccc3CN(CC(=O)Nc3cn(C)nc3C)CC2)c1. The Morgan fingerprint density at radius 1 is 1.03 bits per heavy atom. The molecule has 1 N–H and O–H groups in total. The van der Waals surface area contributed by atoms with E-state index in [1.165, 1.54) is 5.56 Å². The molecule has 1 aliphatic heterocycles. The van der Waals surface area contributed by atoms with Crippen molar-refractivity contribution in [2.45, 2.75) is 33.4 Å². The first-order valence-corrected chi connectivity index (χ1v) is 13.1. The van der Waals surface area contributed by atoms with Gasteiger partial charge < -0.3 is 15.0 Å². The summed E-state index contributed by atoms with van der Waals surface area (Å²) in [6.45, 7) is 8.02. The molecule has 0 fully saturated rings. The van der Waals surface area contributed by atoms with Crippen LogP contribution in [0.15, 0.2) is 54.7 Å². The Morgan fingerprint density at radius 2 is 1.82 bits per heavy atom. The van der Waals surface area contributed by atoms with Crippen LogP contribution in [0.5, 0.6) is 5.75 Å². The second-order valence-electron chi connectivity index (χ2n) is 9.84. The van der Waals surface area contributed by atoms with Gasteiger partial charge in [-0.2, -0.15) is 5.10 Å². The minimum atomic E-state index is -0.0868. The van der Waals surface area contributed by atoms with Crippen LogP contribution < -0.4 is 15.0 Å². The lowest BCUT2D eigenvalue weighted by atomic mass is 10.1. The quantitative estimate of drug-likeness (QED) is 0.538. The van der Waals surface area contributed by atoms with E-state index in [1.807, 2.05) is 61.5 Å². The summed E-state index contributed by atoms with van der Waals surface area (Å²) in [6.07, 6.45) is 2.66. The zero-order valence-electron chi connectivity index (χ0n) is 22.8. The van der Waals surface area contributed by atoms with E-state index in [0.29, 0.717) is 19.6 Å². The number of benzene rings is 2. The molecule has 4 rings (SSSR count). The standard InChI is InChI=1S/C29H38N6O3/c1-22-27(20-32(3)31-22)30-29(37)21-34-16-15-33(18-24-9-7-11-26(17-24)38-4)13-8-14-35(23(2)36)28-12-6-5-10-25(28)19-34/h5-7,9-12,17,20H,8,13-16,18-19,21H2,1-4H3,(H,30,37). The van der Waals surface area contributed by atoms with E-state index in [4.69, 9.17) is 4.74 Å². The first-order chi connectivity index (χ1) is 18.3. The minimum absolute atomic E-state index is 0.0207. The molecule has 0 saturated carbocycles.